The summed E-state index contributed by atoms with van der Waals surface area (Å²) >= 11 is 0. The molecule has 0 saturated heterocycles. The maximum absolute atomic E-state index is 11.9. The van der Waals surface area contributed by atoms with Gasteiger partial charge in [-0.3, -0.25) is 4.79 Å². The standard InChI is InChI=1S/C11H18N4O3/c1-4-8(5-2)14(3)10(16)7-15-6-9(11(17)18)12-13-15/h6,8H,4-5,7H2,1-3H3,(H,17,18). The Balaban J connectivity index is 2.66. The van der Waals surface area contributed by atoms with Crippen LogP contribution in [0.5, 0.6) is 0 Å². The van der Waals surface area contributed by atoms with Crippen LogP contribution in [0.4, 0.5) is 0 Å². The number of carboxylic acid groups (broad SMARTS) is 1. The number of carbonyl (C=O) groups is 2. The predicted octanol–water partition coefficient (Wildman–Crippen LogP) is 0.623. The van der Waals surface area contributed by atoms with Crippen molar-refractivity contribution in [1.82, 2.24) is 19.9 Å². The quantitative estimate of drug-likeness (QED) is 0.804. The van der Waals surface area contributed by atoms with Crippen LogP contribution in [0.15, 0.2) is 6.20 Å². The van der Waals surface area contributed by atoms with Gasteiger partial charge in [0.05, 0.1) is 6.20 Å². The van der Waals surface area contributed by atoms with E-state index in [2.05, 4.69) is 10.3 Å². The number of aromatic nitrogens is 3. The third kappa shape index (κ3) is 3.28. The second-order valence-corrected chi connectivity index (χ2v) is 4.08. The van der Waals surface area contributed by atoms with E-state index in [4.69, 9.17) is 5.11 Å². The summed E-state index contributed by atoms with van der Waals surface area (Å²) in [5.74, 6) is -1.26. The van der Waals surface area contributed by atoms with Crippen LogP contribution in [-0.4, -0.2) is 50.0 Å². The SMILES string of the molecule is CCC(CC)N(C)C(=O)Cn1cc(C(=O)O)nn1. The van der Waals surface area contributed by atoms with E-state index < -0.39 is 5.97 Å². The maximum Gasteiger partial charge on any atom is 0.358 e. The van der Waals surface area contributed by atoms with Crippen LogP contribution in [0.25, 0.3) is 0 Å². The molecule has 1 N–H and O–H groups in total. The highest BCUT2D eigenvalue weighted by molar-refractivity contribution is 5.84. The van der Waals surface area contributed by atoms with Crippen LogP contribution in [0.3, 0.4) is 0 Å². The van der Waals surface area contributed by atoms with Crippen molar-refractivity contribution in [1.29, 1.82) is 0 Å². The molecule has 0 atom stereocenters. The van der Waals surface area contributed by atoms with Gasteiger partial charge in [0.1, 0.15) is 6.54 Å². The molecule has 0 spiro atoms. The minimum atomic E-state index is -1.15. The number of rotatable bonds is 6. The number of aromatic carboxylic acids is 1. The number of amides is 1. The molecule has 1 aromatic rings. The van der Waals surface area contributed by atoms with Gasteiger partial charge in [0, 0.05) is 13.1 Å². The van der Waals surface area contributed by atoms with Crippen molar-refractivity contribution in [3.8, 4) is 0 Å². The molecule has 18 heavy (non-hydrogen) atoms. The van der Waals surface area contributed by atoms with E-state index in [1.54, 1.807) is 11.9 Å². The van der Waals surface area contributed by atoms with Gasteiger partial charge in [-0.05, 0) is 12.8 Å². The first kappa shape index (κ1) is 14.1. The number of likely N-dealkylation sites (N-methyl/N-ethyl adjacent to an activating group) is 1. The van der Waals surface area contributed by atoms with E-state index in [0.717, 1.165) is 12.8 Å². The zero-order valence-corrected chi connectivity index (χ0v) is 10.8. The molecular weight excluding hydrogens is 236 g/mol. The average Bonchev–Trinajstić information content (AvgIpc) is 2.79. The molecule has 1 rings (SSSR count). The van der Waals surface area contributed by atoms with Gasteiger partial charge in [-0.2, -0.15) is 0 Å². The lowest BCUT2D eigenvalue weighted by molar-refractivity contribution is -0.133. The predicted molar refractivity (Wildman–Crippen MR) is 64.1 cm³/mol. The highest BCUT2D eigenvalue weighted by Crippen LogP contribution is 2.07. The van der Waals surface area contributed by atoms with Gasteiger partial charge in [-0.1, -0.05) is 19.1 Å². The van der Waals surface area contributed by atoms with Gasteiger partial charge in [-0.15, -0.1) is 5.10 Å². The van der Waals surface area contributed by atoms with Crippen LogP contribution in [-0.2, 0) is 11.3 Å². The molecule has 1 heterocycles. The fourth-order valence-corrected chi connectivity index (χ4v) is 1.76. The molecule has 0 aliphatic rings. The molecule has 1 aromatic heterocycles. The van der Waals surface area contributed by atoms with Gasteiger partial charge < -0.3 is 10.0 Å². The average molecular weight is 254 g/mol. The first-order chi connectivity index (χ1) is 8.49. The largest absolute Gasteiger partial charge is 0.476 e. The Bertz CT molecular complexity index is 426. The Hall–Kier alpha value is -1.92. The molecule has 7 heteroatoms. The highest BCUT2D eigenvalue weighted by atomic mass is 16.4. The molecule has 1 amide bonds. The van der Waals surface area contributed by atoms with Crippen molar-refractivity contribution in [2.24, 2.45) is 0 Å². The lowest BCUT2D eigenvalue weighted by Crippen LogP contribution is -2.38. The van der Waals surface area contributed by atoms with E-state index in [-0.39, 0.29) is 24.2 Å². The van der Waals surface area contributed by atoms with Crippen molar-refractivity contribution in [3.05, 3.63) is 11.9 Å². The Morgan fingerprint density at radius 3 is 2.50 bits per heavy atom. The fraction of sp³-hybridized carbons (Fsp3) is 0.636. The van der Waals surface area contributed by atoms with Crippen LogP contribution in [0.1, 0.15) is 37.2 Å². The molecule has 100 valence electrons. The van der Waals surface area contributed by atoms with E-state index in [1.165, 1.54) is 10.9 Å². The first-order valence-corrected chi connectivity index (χ1v) is 5.88. The van der Waals surface area contributed by atoms with E-state index in [9.17, 15) is 9.59 Å². The number of hydrogen-bond acceptors (Lipinski definition) is 4. The third-order valence-corrected chi connectivity index (χ3v) is 2.94. The van der Waals surface area contributed by atoms with Crippen molar-refractivity contribution in [3.63, 3.8) is 0 Å². The van der Waals surface area contributed by atoms with E-state index >= 15 is 0 Å². The van der Waals surface area contributed by atoms with Crippen LogP contribution in [0, 0.1) is 0 Å². The number of carbonyl (C=O) groups excluding carboxylic acids is 1. The van der Waals surface area contributed by atoms with Crippen LogP contribution in [0.2, 0.25) is 0 Å². The lowest BCUT2D eigenvalue weighted by atomic mass is 10.1. The summed E-state index contributed by atoms with van der Waals surface area (Å²) in [6.07, 6.45) is 3.02. The summed E-state index contributed by atoms with van der Waals surface area (Å²) in [4.78, 5) is 24.2. The van der Waals surface area contributed by atoms with Gasteiger partial charge in [0.25, 0.3) is 0 Å². The zero-order valence-electron chi connectivity index (χ0n) is 10.8. The topological polar surface area (TPSA) is 88.3 Å². The second kappa shape index (κ2) is 6.13. The normalized spacial score (nSPS) is 10.7. The molecule has 0 aliphatic heterocycles. The Labute approximate surface area is 105 Å². The molecule has 0 radical (unpaired) electrons. The van der Waals surface area contributed by atoms with E-state index in [1.807, 2.05) is 13.8 Å². The molecule has 0 saturated carbocycles. The van der Waals surface area contributed by atoms with E-state index in [0.29, 0.717) is 0 Å². The lowest BCUT2D eigenvalue weighted by Gasteiger charge is -2.26. The minimum absolute atomic E-state index is 0.00722. The Morgan fingerprint density at radius 2 is 2.06 bits per heavy atom. The highest BCUT2D eigenvalue weighted by Gasteiger charge is 2.18. The molecule has 0 bridgehead atoms. The van der Waals surface area contributed by atoms with Crippen LogP contribution >= 0.6 is 0 Å². The number of carboxylic acids is 1. The van der Waals surface area contributed by atoms with Gasteiger partial charge in [0.2, 0.25) is 5.91 Å². The fourth-order valence-electron chi connectivity index (χ4n) is 1.76. The summed E-state index contributed by atoms with van der Waals surface area (Å²) in [6, 6.07) is 0.194. The van der Waals surface area contributed by atoms with Crippen molar-refractivity contribution < 1.29 is 14.7 Å². The monoisotopic (exact) mass is 254 g/mol. The molecule has 7 nitrogen and oxygen atoms in total. The third-order valence-electron chi connectivity index (χ3n) is 2.94. The molecular formula is C11H18N4O3. The van der Waals surface area contributed by atoms with Crippen molar-refractivity contribution in [2.75, 3.05) is 7.05 Å². The number of nitrogens with zero attached hydrogens (tertiary/aromatic N) is 4. The maximum atomic E-state index is 11.9. The van der Waals surface area contributed by atoms with Gasteiger partial charge in [0.15, 0.2) is 5.69 Å². The summed E-state index contributed by atoms with van der Waals surface area (Å²) in [5, 5.41) is 15.8. The van der Waals surface area contributed by atoms with Crippen LogP contribution < -0.4 is 0 Å². The van der Waals surface area contributed by atoms with Gasteiger partial charge in [-0.25, -0.2) is 9.48 Å². The number of hydrogen-bond donors (Lipinski definition) is 1. The smallest absolute Gasteiger partial charge is 0.358 e. The molecule has 0 fully saturated rings. The molecule has 0 aliphatic carbocycles. The van der Waals surface area contributed by atoms with Crippen molar-refractivity contribution >= 4 is 11.9 Å². The first-order valence-electron chi connectivity index (χ1n) is 5.88. The summed E-state index contributed by atoms with van der Waals surface area (Å²) in [5.41, 5.74) is -0.159. The second-order valence-electron chi connectivity index (χ2n) is 4.08. The summed E-state index contributed by atoms with van der Waals surface area (Å²) in [7, 11) is 1.75. The van der Waals surface area contributed by atoms with Crippen molar-refractivity contribution in [2.45, 2.75) is 39.3 Å². The molecule has 0 aromatic carbocycles. The van der Waals surface area contributed by atoms with Gasteiger partial charge >= 0.3 is 5.97 Å². The molecule has 0 unspecified atom stereocenters. The summed E-state index contributed by atoms with van der Waals surface area (Å²) < 4.78 is 1.24. The summed E-state index contributed by atoms with van der Waals surface area (Å²) in [6.45, 7) is 4.05. The Kier molecular flexibility index (Phi) is 4.82. The Morgan fingerprint density at radius 1 is 1.44 bits per heavy atom. The zero-order chi connectivity index (χ0) is 13.7. The minimum Gasteiger partial charge on any atom is -0.476 e.